The van der Waals surface area contributed by atoms with Crippen molar-refractivity contribution in [3.05, 3.63) is 0 Å². The van der Waals surface area contributed by atoms with E-state index in [1.54, 1.807) is 0 Å². The van der Waals surface area contributed by atoms with Gasteiger partial charge in [-0.1, -0.05) is 155 Å². The summed E-state index contributed by atoms with van der Waals surface area (Å²) in [6, 6.07) is -1.91. The van der Waals surface area contributed by atoms with Crippen molar-refractivity contribution in [2.75, 3.05) is 6.54 Å². The van der Waals surface area contributed by atoms with E-state index in [4.69, 9.17) is 21.1 Å². The van der Waals surface area contributed by atoms with Crippen molar-refractivity contribution in [1.29, 1.82) is 0 Å². The lowest BCUT2D eigenvalue weighted by molar-refractivity contribution is -0.141. The molecule has 0 aromatic heterocycles. The monoisotopic (exact) mass is 644 g/mol. The van der Waals surface area contributed by atoms with Crippen LogP contribution in [-0.2, 0) is 19.2 Å². The van der Waals surface area contributed by atoms with Gasteiger partial charge in [-0.25, -0.2) is 0 Å². The van der Waals surface area contributed by atoms with E-state index in [2.05, 4.69) is 18.0 Å². The summed E-state index contributed by atoms with van der Waals surface area (Å²) in [5, 5.41) is 28.9. The maximum absolute atomic E-state index is 11.1. The molecule has 10 nitrogen and oxygen atoms in total. The molecule has 2 unspecified atom stereocenters. The minimum absolute atomic E-state index is 0.108. The number of nitrogens with one attached hydrogen (secondary N) is 1. The molecule has 0 saturated carbocycles. The molecule has 0 radical (unpaired) electrons. The first-order valence-corrected chi connectivity index (χ1v) is 18.1. The van der Waals surface area contributed by atoms with Crippen LogP contribution in [0, 0.1) is 0 Å². The Morgan fingerprint density at radius 3 is 1.13 bits per heavy atom. The Kier molecular flexibility index (Phi) is 34.6. The molecule has 0 aliphatic carbocycles. The summed E-state index contributed by atoms with van der Waals surface area (Å²) >= 11 is 0. The largest absolute Gasteiger partial charge is 0.481 e. The third-order valence-electron chi connectivity index (χ3n) is 8.10. The van der Waals surface area contributed by atoms with Gasteiger partial charge in [0, 0.05) is 6.42 Å². The molecule has 10 heteroatoms. The number of amides is 1. The van der Waals surface area contributed by atoms with E-state index in [1.807, 2.05) is 0 Å². The molecule has 0 aromatic carbocycles. The highest BCUT2D eigenvalue weighted by Crippen LogP contribution is 2.15. The van der Waals surface area contributed by atoms with E-state index < -0.39 is 35.9 Å². The summed E-state index contributed by atoms with van der Waals surface area (Å²) < 4.78 is 0. The van der Waals surface area contributed by atoms with Gasteiger partial charge in [0.2, 0.25) is 5.91 Å². The summed E-state index contributed by atoms with van der Waals surface area (Å²) in [4.78, 5) is 41.6. The second-order valence-electron chi connectivity index (χ2n) is 12.5. The standard InChI is InChI=1S/C31H61NO4.C4H8N2O3/c1-2-3-4-5-6-7-8-9-10-11-12-13-14-15-16-17-18-19-20-21-22-23-24-25-28-32-29(31(35)36)26-27-30(33)34;5-2(4(8)9)1-3(6)7/h29,32H,2-28H2,1H3,(H,33,34)(H,35,36);2H,1,5H2,(H2,6,7)(H,8,9). The minimum Gasteiger partial charge on any atom is -0.481 e. The second kappa shape index (κ2) is 34.7. The maximum Gasteiger partial charge on any atom is 0.321 e. The average molecular weight is 644 g/mol. The number of carbonyl (C=O) groups is 4. The fourth-order valence-corrected chi connectivity index (χ4v) is 5.25. The molecule has 0 aliphatic rings. The van der Waals surface area contributed by atoms with E-state index in [1.165, 1.54) is 141 Å². The van der Waals surface area contributed by atoms with E-state index in [9.17, 15) is 19.2 Å². The number of rotatable bonds is 33. The number of hydrogen-bond donors (Lipinski definition) is 6. The molecule has 45 heavy (non-hydrogen) atoms. The molecule has 0 bridgehead atoms. The highest BCUT2D eigenvalue weighted by Gasteiger charge is 2.17. The van der Waals surface area contributed by atoms with Crippen LogP contribution in [0.15, 0.2) is 0 Å². The zero-order chi connectivity index (χ0) is 34.0. The number of aliphatic carboxylic acids is 3. The Hall–Kier alpha value is -2.20. The highest BCUT2D eigenvalue weighted by atomic mass is 16.4. The van der Waals surface area contributed by atoms with Gasteiger partial charge in [-0.05, 0) is 19.4 Å². The average Bonchev–Trinajstić information content (AvgIpc) is 2.98. The third-order valence-corrected chi connectivity index (χ3v) is 8.10. The molecule has 0 fully saturated rings. The van der Waals surface area contributed by atoms with Crippen molar-refractivity contribution in [2.45, 2.75) is 192 Å². The fraction of sp³-hybridized carbons (Fsp3) is 0.886. The lowest BCUT2D eigenvalue weighted by Crippen LogP contribution is -2.37. The molecule has 0 aromatic rings. The predicted octanol–water partition coefficient (Wildman–Crippen LogP) is 7.55. The summed E-state index contributed by atoms with van der Waals surface area (Å²) in [7, 11) is 0. The number of nitrogens with two attached hydrogens (primary N) is 2. The van der Waals surface area contributed by atoms with Crippen molar-refractivity contribution in [2.24, 2.45) is 11.5 Å². The smallest absolute Gasteiger partial charge is 0.321 e. The molecule has 0 rings (SSSR count). The third kappa shape index (κ3) is 37.9. The van der Waals surface area contributed by atoms with Crippen LogP contribution in [0.3, 0.4) is 0 Å². The van der Waals surface area contributed by atoms with Crippen molar-refractivity contribution in [3.8, 4) is 0 Å². The van der Waals surface area contributed by atoms with Crippen LogP contribution in [0.1, 0.15) is 180 Å². The molecule has 8 N–H and O–H groups in total. The van der Waals surface area contributed by atoms with Crippen LogP contribution in [0.5, 0.6) is 0 Å². The number of carbonyl (C=O) groups excluding carboxylic acids is 1. The first kappa shape index (κ1) is 44.9. The molecule has 0 heterocycles. The van der Waals surface area contributed by atoms with Crippen LogP contribution in [0.4, 0.5) is 0 Å². The number of unbranched alkanes of at least 4 members (excludes halogenated alkanes) is 23. The Balaban J connectivity index is 0. The molecule has 2 atom stereocenters. The van der Waals surface area contributed by atoms with Gasteiger partial charge in [0.1, 0.15) is 12.1 Å². The number of carboxylic acid groups (broad SMARTS) is 3. The lowest BCUT2D eigenvalue weighted by atomic mass is 10.0. The normalized spacial score (nSPS) is 12.2. The van der Waals surface area contributed by atoms with E-state index in [0.29, 0.717) is 6.54 Å². The van der Waals surface area contributed by atoms with Crippen molar-refractivity contribution >= 4 is 23.8 Å². The minimum atomic E-state index is -1.21. The highest BCUT2D eigenvalue weighted by molar-refractivity contribution is 5.83. The van der Waals surface area contributed by atoms with Gasteiger partial charge >= 0.3 is 17.9 Å². The molecule has 0 spiro atoms. The van der Waals surface area contributed by atoms with Crippen LogP contribution >= 0.6 is 0 Å². The number of hydrogen-bond acceptors (Lipinski definition) is 6. The van der Waals surface area contributed by atoms with Gasteiger partial charge in [0.15, 0.2) is 0 Å². The van der Waals surface area contributed by atoms with E-state index >= 15 is 0 Å². The summed E-state index contributed by atoms with van der Waals surface area (Å²) in [5.41, 5.74) is 9.57. The lowest BCUT2D eigenvalue weighted by Gasteiger charge is -2.13. The summed E-state index contributed by atoms with van der Waals surface area (Å²) in [6.07, 6.45) is 32.6. The Bertz CT molecular complexity index is 721. The topological polar surface area (TPSA) is 193 Å². The zero-order valence-electron chi connectivity index (χ0n) is 28.6. The molecule has 266 valence electrons. The van der Waals surface area contributed by atoms with Gasteiger partial charge in [-0.15, -0.1) is 0 Å². The van der Waals surface area contributed by atoms with Crippen molar-refractivity contribution in [1.82, 2.24) is 5.32 Å². The van der Waals surface area contributed by atoms with Crippen molar-refractivity contribution in [3.63, 3.8) is 0 Å². The van der Waals surface area contributed by atoms with Gasteiger partial charge in [0.25, 0.3) is 0 Å². The quantitative estimate of drug-likeness (QED) is 0.0391. The Labute approximate surface area is 273 Å². The number of primary amides is 1. The Morgan fingerprint density at radius 2 is 0.889 bits per heavy atom. The molecule has 0 aliphatic heterocycles. The first-order valence-electron chi connectivity index (χ1n) is 18.1. The fourth-order valence-electron chi connectivity index (χ4n) is 5.25. The predicted molar refractivity (Wildman–Crippen MR) is 182 cm³/mol. The molecular formula is C35H69N3O7. The van der Waals surface area contributed by atoms with E-state index in [-0.39, 0.29) is 19.3 Å². The number of carboxylic acids is 3. The second-order valence-corrected chi connectivity index (χ2v) is 12.5. The zero-order valence-corrected chi connectivity index (χ0v) is 28.6. The van der Waals surface area contributed by atoms with Gasteiger partial charge in [0.05, 0.1) is 6.42 Å². The summed E-state index contributed by atoms with van der Waals surface area (Å²) in [5.74, 6) is -3.82. The van der Waals surface area contributed by atoms with Gasteiger partial charge in [-0.3, -0.25) is 19.2 Å². The Morgan fingerprint density at radius 1 is 0.556 bits per heavy atom. The maximum atomic E-state index is 11.1. The molecule has 1 amide bonds. The molecular weight excluding hydrogens is 574 g/mol. The van der Waals surface area contributed by atoms with Crippen LogP contribution in [0.2, 0.25) is 0 Å². The van der Waals surface area contributed by atoms with E-state index in [0.717, 1.165) is 12.8 Å². The first-order chi connectivity index (χ1) is 21.6. The van der Waals surface area contributed by atoms with Crippen LogP contribution in [0.25, 0.3) is 0 Å². The van der Waals surface area contributed by atoms with Crippen LogP contribution < -0.4 is 16.8 Å². The summed E-state index contributed by atoms with van der Waals surface area (Å²) in [6.45, 7) is 2.94. The van der Waals surface area contributed by atoms with Gasteiger partial charge < -0.3 is 32.1 Å². The van der Waals surface area contributed by atoms with Gasteiger partial charge in [-0.2, -0.15) is 0 Å². The van der Waals surface area contributed by atoms with Crippen molar-refractivity contribution < 1.29 is 34.5 Å². The molecule has 0 saturated heterocycles. The van der Waals surface area contributed by atoms with Crippen LogP contribution in [-0.4, -0.2) is 57.8 Å². The SMILES string of the molecule is CCCCCCCCCCCCCCCCCCCCCCCCCCNC(CCC(=O)O)C(=O)O.NC(=O)CC(N)C(=O)O.